The number of aromatic nitrogens is 1. The van der Waals surface area contributed by atoms with Crippen LogP contribution in [0.2, 0.25) is 0 Å². The van der Waals surface area contributed by atoms with Gasteiger partial charge >= 0.3 is 5.97 Å². The Hall–Kier alpha value is -4.11. The van der Waals surface area contributed by atoms with Crippen LogP contribution in [-0.2, 0) is 9.53 Å². The van der Waals surface area contributed by atoms with Crippen LogP contribution in [0.25, 0.3) is 12.2 Å². The van der Waals surface area contributed by atoms with Gasteiger partial charge in [0, 0.05) is 12.1 Å². The van der Waals surface area contributed by atoms with Crippen molar-refractivity contribution in [1.29, 1.82) is 0 Å². The molecule has 0 unspecified atom stereocenters. The number of benzene rings is 2. The molecule has 1 aliphatic rings. The van der Waals surface area contributed by atoms with Crippen molar-refractivity contribution in [3.8, 4) is 0 Å². The molecule has 9 heteroatoms. The van der Waals surface area contributed by atoms with Gasteiger partial charge in [0.25, 0.3) is 11.2 Å². The first-order chi connectivity index (χ1) is 16.4. The molecule has 2 heterocycles. The molecule has 1 aliphatic heterocycles. The lowest BCUT2D eigenvalue weighted by molar-refractivity contribution is -0.384. The van der Waals surface area contributed by atoms with E-state index in [0.29, 0.717) is 26.2 Å². The Morgan fingerprint density at radius 3 is 2.53 bits per heavy atom. The maximum atomic E-state index is 13.4. The van der Waals surface area contributed by atoms with Crippen LogP contribution in [0.15, 0.2) is 81.7 Å². The Morgan fingerprint density at radius 1 is 1.18 bits per heavy atom. The van der Waals surface area contributed by atoms with Gasteiger partial charge in [-0.2, -0.15) is 0 Å². The number of nitro groups is 1. The number of fused-ring (bicyclic) bond motifs is 1. The van der Waals surface area contributed by atoms with Crippen LogP contribution in [-0.4, -0.2) is 22.1 Å². The molecule has 0 bridgehead atoms. The average Bonchev–Trinajstić information content (AvgIpc) is 3.12. The van der Waals surface area contributed by atoms with Gasteiger partial charge in [0.1, 0.15) is 0 Å². The molecule has 0 N–H and O–H groups in total. The van der Waals surface area contributed by atoms with E-state index in [1.807, 2.05) is 36.4 Å². The van der Waals surface area contributed by atoms with E-state index in [9.17, 15) is 19.7 Å². The number of allylic oxidation sites excluding steroid dienone is 2. The third-order valence-corrected chi connectivity index (χ3v) is 6.21. The molecule has 2 aromatic carbocycles. The summed E-state index contributed by atoms with van der Waals surface area (Å²) in [5, 5.41) is 10.9. The van der Waals surface area contributed by atoms with Crippen LogP contribution >= 0.6 is 11.3 Å². The molecule has 3 aromatic rings. The number of rotatable bonds is 6. The van der Waals surface area contributed by atoms with Crippen molar-refractivity contribution >= 4 is 35.1 Å². The van der Waals surface area contributed by atoms with Crippen molar-refractivity contribution in [2.24, 2.45) is 4.99 Å². The number of hydrogen-bond acceptors (Lipinski definition) is 7. The smallest absolute Gasteiger partial charge is 0.338 e. The summed E-state index contributed by atoms with van der Waals surface area (Å²) in [6.07, 6.45) is 5.32. The van der Waals surface area contributed by atoms with Crippen molar-refractivity contribution in [3.63, 3.8) is 0 Å². The normalized spacial score (nSPS) is 15.8. The number of esters is 1. The van der Waals surface area contributed by atoms with E-state index >= 15 is 0 Å². The van der Waals surface area contributed by atoms with Gasteiger partial charge in [-0.1, -0.05) is 53.8 Å². The van der Waals surface area contributed by atoms with Gasteiger partial charge in [-0.15, -0.1) is 0 Å². The summed E-state index contributed by atoms with van der Waals surface area (Å²) in [4.78, 5) is 41.6. The Bertz CT molecular complexity index is 1480. The lowest BCUT2D eigenvalue weighted by Gasteiger charge is -2.21. The second-order valence-electron chi connectivity index (χ2n) is 7.46. The fourth-order valence-electron chi connectivity index (χ4n) is 3.63. The fraction of sp³-hybridized carbons (Fsp3) is 0.160. The summed E-state index contributed by atoms with van der Waals surface area (Å²) in [5.74, 6) is -0.517. The first kappa shape index (κ1) is 23.1. The van der Waals surface area contributed by atoms with Crippen molar-refractivity contribution in [2.45, 2.75) is 19.9 Å². The monoisotopic (exact) mass is 475 g/mol. The SMILES string of the molecule is CCOC(=O)C1=C(C)N=c2sc(=Cc3ccc([N+](=O)[O-])cc3)c(=O)n2[C@@H]1/C=C\c1ccccc1. The summed E-state index contributed by atoms with van der Waals surface area (Å²) in [6, 6.07) is 14.8. The van der Waals surface area contributed by atoms with Gasteiger partial charge in [-0.3, -0.25) is 19.5 Å². The lowest BCUT2D eigenvalue weighted by Crippen LogP contribution is -2.38. The number of hydrogen-bond donors (Lipinski definition) is 0. The highest BCUT2D eigenvalue weighted by Gasteiger charge is 2.30. The van der Waals surface area contributed by atoms with Gasteiger partial charge in [0.15, 0.2) is 4.80 Å². The number of nitrogens with zero attached hydrogens (tertiary/aromatic N) is 3. The van der Waals surface area contributed by atoms with Crippen LogP contribution in [0.5, 0.6) is 0 Å². The lowest BCUT2D eigenvalue weighted by atomic mass is 10.0. The molecule has 0 amide bonds. The molecule has 1 aromatic heterocycles. The second-order valence-corrected chi connectivity index (χ2v) is 8.47. The molecule has 0 aliphatic carbocycles. The fourth-order valence-corrected chi connectivity index (χ4v) is 4.68. The minimum atomic E-state index is -0.686. The van der Waals surface area contributed by atoms with Crippen molar-refractivity contribution in [2.75, 3.05) is 6.61 Å². The summed E-state index contributed by atoms with van der Waals surface area (Å²) in [5.41, 5.74) is 2.04. The van der Waals surface area contributed by atoms with Crippen LogP contribution in [0.1, 0.15) is 31.0 Å². The predicted molar refractivity (Wildman–Crippen MR) is 130 cm³/mol. The number of ether oxygens (including phenoxy) is 1. The third kappa shape index (κ3) is 4.65. The van der Waals surface area contributed by atoms with Gasteiger partial charge in [0.2, 0.25) is 0 Å². The molecule has 0 saturated carbocycles. The standard InChI is InChI=1S/C25H21N3O5S/c1-3-33-24(30)22-16(2)26-25-27(20(22)14-11-17-7-5-4-6-8-17)23(29)21(34-25)15-18-9-12-19(13-10-18)28(31)32/h4-15,20H,3H2,1-2H3/b14-11-,21-15?/t20-/m1/s1. The van der Waals surface area contributed by atoms with Crippen LogP contribution in [0, 0.1) is 10.1 Å². The average molecular weight is 476 g/mol. The summed E-state index contributed by atoms with van der Waals surface area (Å²) >= 11 is 1.20. The van der Waals surface area contributed by atoms with Crippen LogP contribution in [0.3, 0.4) is 0 Å². The van der Waals surface area contributed by atoms with E-state index in [1.54, 1.807) is 38.1 Å². The zero-order valence-corrected chi connectivity index (χ0v) is 19.3. The highest BCUT2D eigenvalue weighted by atomic mass is 32.1. The zero-order chi connectivity index (χ0) is 24.2. The van der Waals surface area contributed by atoms with Gasteiger partial charge < -0.3 is 4.74 Å². The number of carbonyl (C=O) groups excluding carboxylic acids is 1. The second kappa shape index (κ2) is 9.80. The highest BCUT2D eigenvalue weighted by Crippen LogP contribution is 2.26. The molecule has 34 heavy (non-hydrogen) atoms. The topological polar surface area (TPSA) is 104 Å². The van der Waals surface area contributed by atoms with E-state index in [-0.39, 0.29) is 17.9 Å². The van der Waals surface area contributed by atoms with Gasteiger partial charge in [0.05, 0.1) is 33.4 Å². The van der Waals surface area contributed by atoms with E-state index in [2.05, 4.69) is 4.99 Å². The molecule has 0 radical (unpaired) electrons. The minimum Gasteiger partial charge on any atom is -0.463 e. The number of thiazole rings is 1. The first-order valence-corrected chi connectivity index (χ1v) is 11.4. The minimum absolute atomic E-state index is 0.0284. The van der Waals surface area contributed by atoms with Crippen LogP contribution < -0.4 is 14.9 Å². The van der Waals surface area contributed by atoms with Crippen molar-refractivity contribution < 1.29 is 14.5 Å². The zero-order valence-electron chi connectivity index (χ0n) is 18.5. The number of non-ortho nitro benzene ring substituents is 1. The number of nitro benzene ring substituents is 1. The third-order valence-electron chi connectivity index (χ3n) is 5.23. The largest absolute Gasteiger partial charge is 0.463 e. The van der Waals surface area contributed by atoms with E-state index in [4.69, 9.17) is 4.74 Å². The van der Waals surface area contributed by atoms with Gasteiger partial charge in [-0.25, -0.2) is 9.79 Å². The molecule has 4 rings (SSSR count). The molecule has 0 fully saturated rings. The molecule has 0 saturated heterocycles. The number of carbonyl (C=O) groups is 1. The Kier molecular flexibility index (Phi) is 6.65. The van der Waals surface area contributed by atoms with Gasteiger partial charge in [-0.05, 0) is 43.2 Å². The predicted octanol–water partition coefficient (Wildman–Crippen LogP) is 3.37. The Balaban J connectivity index is 1.84. The Morgan fingerprint density at radius 2 is 1.88 bits per heavy atom. The van der Waals surface area contributed by atoms with Crippen molar-refractivity contribution in [3.05, 3.63) is 113 Å². The molecule has 0 spiro atoms. The summed E-state index contributed by atoms with van der Waals surface area (Å²) in [6.45, 7) is 3.65. The van der Waals surface area contributed by atoms with Crippen molar-refractivity contribution in [1.82, 2.24) is 4.57 Å². The molecule has 1 atom stereocenters. The maximum absolute atomic E-state index is 13.4. The maximum Gasteiger partial charge on any atom is 0.338 e. The van der Waals surface area contributed by atoms with E-state index in [0.717, 1.165) is 5.56 Å². The van der Waals surface area contributed by atoms with Crippen LogP contribution in [0.4, 0.5) is 5.69 Å². The summed E-state index contributed by atoms with van der Waals surface area (Å²) in [7, 11) is 0. The Labute approximate surface area is 198 Å². The molecule has 8 nitrogen and oxygen atoms in total. The van der Waals surface area contributed by atoms with E-state index < -0.39 is 16.9 Å². The molecular formula is C25H21N3O5S. The highest BCUT2D eigenvalue weighted by molar-refractivity contribution is 7.07. The first-order valence-electron chi connectivity index (χ1n) is 10.6. The van der Waals surface area contributed by atoms with E-state index in [1.165, 1.54) is 28.0 Å². The summed E-state index contributed by atoms with van der Waals surface area (Å²) < 4.78 is 7.15. The molecule has 172 valence electrons. The quantitative estimate of drug-likeness (QED) is 0.309. The molecular weight excluding hydrogens is 454 g/mol.